The van der Waals surface area contributed by atoms with Crippen LogP contribution in [0.3, 0.4) is 0 Å². The first-order valence-electron chi connectivity index (χ1n) is 9.66. The summed E-state index contributed by atoms with van der Waals surface area (Å²) < 4.78 is 16.3. The van der Waals surface area contributed by atoms with Gasteiger partial charge in [0.15, 0.2) is 24.7 Å². The minimum atomic E-state index is -0.187. The minimum Gasteiger partial charge on any atom is -0.493 e. The van der Waals surface area contributed by atoms with E-state index in [1.807, 2.05) is 42.5 Å². The van der Waals surface area contributed by atoms with Crippen LogP contribution in [0, 0.1) is 0 Å². The molecule has 3 rings (SSSR count). The van der Waals surface area contributed by atoms with E-state index in [1.165, 1.54) is 0 Å². The lowest BCUT2D eigenvalue weighted by molar-refractivity contribution is -0.134. The van der Waals surface area contributed by atoms with Crippen LogP contribution in [0.4, 0.5) is 0 Å². The first-order valence-corrected chi connectivity index (χ1v) is 9.66. The number of nitrogens with zero attached hydrogens (tertiary/aromatic N) is 1. The second-order valence-electron chi connectivity index (χ2n) is 6.76. The molecule has 0 unspecified atom stereocenters. The van der Waals surface area contributed by atoms with Crippen molar-refractivity contribution in [2.45, 2.75) is 18.9 Å². The molecule has 29 heavy (non-hydrogen) atoms. The number of ether oxygens (including phenoxy) is 3. The maximum absolute atomic E-state index is 12.3. The van der Waals surface area contributed by atoms with Gasteiger partial charge in [-0.3, -0.25) is 9.59 Å². The van der Waals surface area contributed by atoms with Crippen molar-refractivity contribution in [2.75, 3.05) is 33.4 Å². The van der Waals surface area contributed by atoms with Crippen LogP contribution in [-0.4, -0.2) is 56.2 Å². The molecule has 154 valence electrons. The van der Waals surface area contributed by atoms with Crippen molar-refractivity contribution in [3.8, 4) is 17.2 Å². The number of methoxy groups -OCH3 is 1. The minimum absolute atomic E-state index is 0.0216. The highest BCUT2D eigenvalue weighted by Gasteiger charge is 2.24. The van der Waals surface area contributed by atoms with E-state index in [2.05, 4.69) is 5.32 Å². The molecule has 1 fully saturated rings. The van der Waals surface area contributed by atoms with Gasteiger partial charge in [0.05, 0.1) is 7.11 Å². The van der Waals surface area contributed by atoms with E-state index in [1.54, 1.807) is 24.1 Å². The lowest BCUT2D eigenvalue weighted by Crippen LogP contribution is -2.48. The number of carbonyl (C=O) groups excluding carboxylic acids is 2. The zero-order chi connectivity index (χ0) is 20.5. The quantitative estimate of drug-likeness (QED) is 0.738. The highest BCUT2D eigenvalue weighted by Crippen LogP contribution is 2.25. The number of hydrogen-bond acceptors (Lipinski definition) is 5. The van der Waals surface area contributed by atoms with Gasteiger partial charge in [0.2, 0.25) is 0 Å². The fourth-order valence-electron chi connectivity index (χ4n) is 3.18. The number of benzene rings is 2. The average molecular weight is 398 g/mol. The molecule has 0 spiro atoms. The number of likely N-dealkylation sites (tertiary alicyclic amines) is 1. The van der Waals surface area contributed by atoms with Crippen molar-refractivity contribution in [1.82, 2.24) is 10.2 Å². The molecule has 1 aliphatic rings. The molecule has 2 amide bonds. The van der Waals surface area contributed by atoms with E-state index in [4.69, 9.17) is 14.2 Å². The van der Waals surface area contributed by atoms with E-state index in [0.717, 1.165) is 0 Å². The molecule has 0 aromatic heterocycles. The Morgan fingerprint density at radius 1 is 0.931 bits per heavy atom. The molecule has 0 radical (unpaired) electrons. The normalized spacial score (nSPS) is 14.2. The molecular formula is C22H26N2O5. The van der Waals surface area contributed by atoms with Crippen LogP contribution in [0.1, 0.15) is 12.8 Å². The number of para-hydroxylation sites is 3. The molecule has 1 aliphatic heterocycles. The maximum atomic E-state index is 12.3. The summed E-state index contributed by atoms with van der Waals surface area (Å²) in [5.74, 6) is 1.57. The first kappa shape index (κ1) is 20.5. The molecule has 1 saturated heterocycles. The van der Waals surface area contributed by atoms with Crippen molar-refractivity contribution in [3.05, 3.63) is 54.6 Å². The summed E-state index contributed by atoms with van der Waals surface area (Å²) in [5.41, 5.74) is 0. The smallest absolute Gasteiger partial charge is 0.260 e. The van der Waals surface area contributed by atoms with E-state index < -0.39 is 0 Å². The third-order valence-electron chi connectivity index (χ3n) is 4.75. The lowest BCUT2D eigenvalue weighted by atomic mass is 10.1. The summed E-state index contributed by atoms with van der Waals surface area (Å²) >= 11 is 0. The van der Waals surface area contributed by atoms with Crippen molar-refractivity contribution in [1.29, 1.82) is 0 Å². The molecule has 1 N–H and O–H groups in total. The molecule has 0 atom stereocenters. The van der Waals surface area contributed by atoms with E-state index in [9.17, 15) is 9.59 Å². The van der Waals surface area contributed by atoms with Crippen LogP contribution in [0.5, 0.6) is 17.2 Å². The summed E-state index contributed by atoms with van der Waals surface area (Å²) in [4.78, 5) is 26.3. The number of rotatable bonds is 8. The molecule has 0 aliphatic carbocycles. The molecule has 1 heterocycles. The van der Waals surface area contributed by atoms with Crippen LogP contribution >= 0.6 is 0 Å². The number of nitrogens with one attached hydrogen (secondary N) is 1. The van der Waals surface area contributed by atoms with Gasteiger partial charge in [0.1, 0.15) is 5.75 Å². The van der Waals surface area contributed by atoms with Gasteiger partial charge >= 0.3 is 0 Å². The number of carbonyl (C=O) groups is 2. The van der Waals surface area contributed by atoms with E-state index >= 15 is 0 Å². The van der Waals surface area contributed by atoms with Gasteiger partial charge in [-0.25, -0.2) is 0 Å². The van der Waals surface area contributed by atoms with Gasteiger partial charge in [-0.05, 0) is 37.1 Å². The zero-order valence-corrected chi connectivity index (χ0v) is 16.5. The fraction of sp³-hybridized carbons (Fsp3) is 0.364. The topological polar surface area (TPSA) is 77.1 Å². The van der Waals surface area contributed by atoms with Crippen molar-refractivity contribution < 1.29 is 23.8 Å². The SMILES string of the molecule is COc1ccccc1OCC(=O)NC1CCN(C(=O)COc2ccccc2)CC1. The highest BCUT2D eigenvalue weighted by molar-refractivity contribution is 5.79. The number of hydrogen-bond donors (Lipinski definition) is 1. The van der Waals surface area contributed by atoms with Gasteiger partial charge in [-0.15, -0.1) is 0 Å². The van der Waals surface area contributed by atoms with Crippen LogP contribution in [0.25, 0.3) is 0 Å². The Morgan fingerprint density at radius 2 is 1.59 bits per heavy atom. The molecule has 0 bridgehead atoms. The Bertz CT molecular complexity index is 804. The fourth-order valence-corrected chi connectivity index (χ4v) is 3.18. The summed E-state index contributed by atoms with van der Waals surface area (Å²) in [6, 6.07) is 16.5. The second kappa shape index (κ2) is 10.4. The van der Waals surface area contributed by atoms with Crippen LogP contribution < -0.4 is 19.5 Å². The summed E-state index contributed by atoms with van der Waals surface area (Å²) in [6.45, 7) is 1.13. The third kappa shape index (κ3) is 6.14. The molecule has 2 aromatic rings. The molecule has 0 saturated carbocycles. The number of piperidine rings is 1. The highest BCUT2D eigenvalue weighted by atomic mass is 16.5. The maximum Gasteiger partial charge on any atom is 0.260 e. The van der Waals surface area contributed by atoms with Gasteiger partial charge < -0.3 is 24.4 Å². The second-order valence-corrected chi connectivity index (χ2v) is 6.76. The summed E-state index contributed by atoms with van der Waals surface area (Å²) in [7, 11) is 1.56. The third-order valence-corrected chi connectivity index (χ3v) is 4.75. The van der Waals surface area contributed by atoms with Crippen LogP contribution in [0.2, 0.25) is 0 Å². The lowest BCUT2D eigenvalue weighted by Gasteiger charge is -2.32. The molecule has 7 heteroatoms. The van der Waals surface area contributed by atoms with Gasteiger partial charge in [0.25, 0.3) is 11.8 Å². The molecule has 2 aromatic carbocycles. The average Bonchev–Trinajstić information content (AvgIpc) is 2.77. The Balaban J connectivity index is 1.36. The first-order chi connectivity index (χ1) is 14.2. The predicted octanol–water partition coefficient (Wildman–Crippen LogP) is 2.26. The summed E-state index contributed by atoms with van der Waals surface area (Å²) in [5, 5.41) is 2.97. The monoisotopic (exact) mass is 398 g/mol. The Hall–Kier alpha value is -3.22. The molecular weight excluding hydrogens is 372 g/mol. The van der Waals surface area contributed by atoms with Crippen molar-refractivity contribution >= 4 is 11.8 Å². The van der Waals surface area contributed by atoms with Crippen molar-refractivity contribution in [2.24, 2.45) is 0 Å². The van der Waals surface area contributed by atoms with Gasteiger partial charge in [0, 0.05) is 19.1 Å². The predicted molar refractivity (Wildman–Crippen MR) is 108 cm³/mol. The standard InChI is InChI=1S/C22H26N2O5/c1-27-19-9-5-6-10-20(19)29-15-21(25)23-17-11-13-24(14-12-17)22(26)16-28-18-7-3-2-4-8-18/h2-10,17H,11-16H2,1H3,(H,23,25). The van der Waals surface area contributed by atoms with Crippen LogP contribution in [0.15, 0.2) is 54.6 Å². The molecule has 7 nitrogen and oxygen atoms in total. The van der Waals surface area contributed by atoms with E-state index in [-0.39, 0.29) is 31.1 Å². The van der Waals surface area contributed by atoms with E-state index in [0.29, 0.717) is 43.2 Å². The largest absolute Gasteiger partial charge is 0.493 e. The number of amides is 2. The summed E-state index contributed by atoms with van der Waals surface area (Å²) in [6.07, 6.45) is 1.41. The van der Waals surface area contributed by atoms with Crippen molar-refractivity contribution in [3.63, 3.8) is 0 Å². The Labute approximate surface area is 170 Å². The van der Waals surface area contributed by atoms with Gasteiger partial charge in [-0.1, -0.05) is 30.3 Å². The van der Waals surface area contributed by atoms with Crippen LogP contribution in [-0.2, 0) is 9.59 Å². The zero-order valence-electron chi connectivity index (χ0n) is 16.5. The Morgan fingerprint density at radius 3 is 2.28 bits per heavy atom. The Kier molecular flexibility index (Phi) is 7.33. The van der Waals surface area contributed by atoms with Gasteiger partial charge in [-0.2, -0.15) is 0 Å².